The number of nitrogens with two attached hydrogens (primary N) is 1. The Balaban J connectivity index is 1.87. The molecule has 3 heterocycles. The van der Waals surface area contributed by atoms with Gasteiger partial charge in [-0.05, 0) is 29.2 Å². The number of hydrogen-bond acceptors (Lipinski definition) is 7. The van der Waals surface area contributed by atoms with Crippen molar-refractivity contribution in [1.29, 1.82) is 0 Å². The van der Waals surface area contributed by atoms with Gasteiger partial charge in [0.15, 0.2) is 0 Å². The van der Waals surface area contributed by atoms with Gasteiger partial charge in [0.25, 0.3) is 0 Å². The second-order valence-corrected chi connectivity index (χ2v) is 5.57. The minimum atomic E-state index is 0.544. The van der Waals surface area contributed by atoms with Gasteiger partial charge < -0.3 is 11.1 Å². The Morgan fingerprint density at radius 3 is 2.79 bits per heavy atom. The second kappa shape index (κ2) is 5.33. The van der Waals surface area contributed by atoms with Crippen LogP contribution in [0.4, 0.5) is 10.8 Å². The summed E-state index contributed by atoms with van der Waals surface area (Å²) in [6.45, 7) is 0.727. The molecule has 0 saturated heterocycles. The van der Waals surface area contributed by atoms with Gasteiger partial charge in [-0.2, -0.15) is 4.37 Å². The van der Waals surface area contributed by atoms with Gasteiger partial charge in [0.05, 0.1) is 17.6 Å². The number of nitrogen functional groups attached to an aromatic ring is 1. The lowest BCUT2D eigenvalue weighted by atomic mass is 10.1. The molecule has 0 spiro atoms. The van der Waals surface area contributed by atoms with Crippen LogP contribution in [-0.4, -0.2) is 14.3 Å². The molecule has 0 unspecified atom stereocenters. The molecule has 5 nitrogen and oxygen atoms in total. The molecule has 0 atom stereocenters. The Kier molecular flexibility index (Phi) is 3.39. The number of anilines is 2. The largest absolute Gasteiger partial charge is 0.382 e. The van der Waals surface area contributed by atoms with E-state index in [1.165, 1.54) is 16.4 Å². The van der Waals surface area contributed by atoms with Gasteiger partial charge in [-0.3, -0.25) is 9.97 Å². The fraction of sp³-hybridized carbons (Fsp3) is 0.0833. The summed E-state index contributed by atoms with van der Waals surface area (Å²) in [4.78, 5) is 9.24. The monoisotopic (exact) mass is 289 g/mol. The van der Waals surface area contributed by atoms with E-state index in [-0.39, 0.29) is 0 Å². The SMILES string of the molecule is Nc1nsc(NCc2cncs2)c1-c1ccncc1. The molecule has 0 aromatic carbocycles. The van der Waals surface area contributed by atoms with Crippen molar-refractivity contribution in [1.82, 2.24) is 14.3 Å². The van der Waals surface area contributed by atoms with Gasteiger partial charge in [-0.1, -0.05) is 0 Å². The number of aromatic nitrogens is 3. The van der Waals surface area contributed by atoms with Crippen LogP contribution in [0, 0.1) is 0 Å². The minimum Gasteiger partial charge on any atom is -0.382 e. The van der Waals surface area contributed by atoms with E-state index in [1.54, 1.807) is 23.7 Å². The first-order chi connectivity index (χ1) is 9.34. The molecule has 0 amide bonds. The van der Waals surface area contributed by atoms with Gasteiger partial charge in [-0.15, -0.1) is 11.3 Å². The maximum Gasteiger partial charge on any atom is 0.147 e. The van der Waals surface area contributed by atoms with Crippen LogP contribution in [0.1, 0.15) is 4.88 Å². The van der Waals surface area contributed by atoms with Crippen LogP contribution in [0.3, 0.4) is 0 Å². The lowest BCUT2D eigenvalue weighted by Gasteiger charge is -2.05. The lowest BCUT2D eigenvalue weighted by Crippen LogP contribution is -1.97. The molecule has 96 valence electrons. The molecule has 3 aromatic rings. The highest BCUT2D eigenvalue weighted by Crippen LogP contribution is 2.36. The van der Waals surface area contributed by atoms with Crippen LogP contribution < -0.4 is 11.1 Å². The maximum atomic E-state index is 5.95. The molecule has 0 aliphatic carbocycles. The van der Waals surface area contributed by atoms with Gasteiger partial charge in [0, 0.05) is 23.5 Å². The Labute approximate surface area is 118 Å². The van der Waals surface area contributed by atoms with E-state index in [4.69, 9.17) is 5.73 Å². The Morgan fingerprint density at radius 2 is 2.05 bits per heavy atom. The summed E-state index contributed by atoms with van der Waals surface area (Å²) in [5.41, 5.74) is 9.74. The topological polar surface area (TPSA) is 76.7 Å². The van der Waals surface area contributed by atoms with Crippen molar-refractivity contribution >= 4 is 33.7 Å². The third kappa shape index (κ3) is 2.56. The van der Waals surface area contributed by atoms with E-state index in [0.717, 1.165) is 22.7 Å². The Bertz CT molecular complexity index is 648. The lowest BCUT2D eigenvalue weighted by molar-refractivity contribution is 1.19. The number of hydrogen-bond donors (Lipinski definition) is 2. The molecule has 19 heavy (non-hydrogen) atoms. The highest BCUT2D eigenvalue weighted by atomic mass is 32.1. The quantitative estimate of drug-likeness (QED) is 0.772. The Morgan fingerprint density at radius 1 is 1.21 bits per heavy atom. The second-order valence-electron chi connectivity index (χ2n) is 3.83. The van der Waals surface area contributed by atoms with Crippen LogP contribution >= 0.6 is 22.9 Å². The number of pyridine rings is 1. The predicted octanol–water partition coefficient (Wildman–Crippen LogP) is 2.86. The van der Waals surface area contributed by atoms with Crippen molar-refractivity contribution in [3.63, 3.8) is 0 Å². The first-order valence-corrected chi connectivity index (χ1v) is 7.26. The van der Waals surface area contributed by atoms with Crippen LogP contribution in [0.2, 0.25) is 0 Å². The zero-order chi connectivity index (χ0) is 13.1. The summed E-state index contributed by atoms with van der Waals surface area (Å²) in [7, 11) is 0. The van der Waals surface area contributed by atoms with Gasteiger partial charge in [0.2, 0.25) is 0 Å². The summed E-state index contributed by atoms with van der Waals surface area (Å²) in [5.74, 6) is 0.544. The van der Waals surface area contributed by atoms with Crippen molar-refractivity contribution in [3.8, 4) is 11.1 Å². The molecule has 0 aliphatic heterocycles. The van der Waals surface area contributed by atoms with Crippen molar-refractivity contribution in [2.24, 2.45) is 0 Å². The highest BCUT2D eigenvalue weighted by molar-refractivity contribution is 7.11. The predicted molar refractivity (Wildman–Crippen MR) is 79.2 cm³/mol. The fourth-order valence-electron chi connectivity index (χ4n) is 1.72. The molecule has 3 N–H and O–H groups in total. The van der Waals surface area contributed by atoms with Crippen molar-refractivity contribution < 1.29 is 0 Å². The molecule has 3 rings (SSSR count). The molecule has 0 bridgehead atoms. The molecule has 7 heteroatoms. The van der Waals surface area contributed by atoms with Crippen LogP contribution in [0.15, 0.2) is 36.2 Å². The fourth-order valence-corrected chi connectivity index (χ4v) is 2.98. The first kappa shape index (κ1) is 12.1. The average molecular weight is 289 g/mol. The number of nitrogens with zero attached hydrogens (tertiary/aromatic N) is 3. The Hall–Kier alpha value is -1.99. The van der Waals surface area contributed by atoms with E-state index in [2.05, 4.69) is 19.7 Å². The summed E-state index contributed by atoms with van der Waals surface area (Å²) in [6, 6.07) is 3.86. The zero-order valence-electron chi connectivity index (χ0n) is 9.91. The van der Waals surface area contributed by atoms with Gasteiger partial charge in [0.1, 0.15) is 10.8 Å². The number of thiazole rings is 1. The van der Waals surface area contributed by atoms with Crippen LogP contribution in [0.5, 0.6) is 0 Å². The maximum absolute atomic E-state index is 5.95. The summed E-state index contributed by atoms with van der Waals surface area (Å²) in [5, 5.41) is 4.33. The van der Waals surface area contributed by atoms with Crippen molar-refractivity contribution in [3.05, 3.63) is 41.1 Å². The molecule has 3 aromatic heterocycles. The van der Waals surface area contributed by atoms with E-state index >= 15 is 0 Å². The van der Waals surface area contributed by atoms with Crippen LogP contribution in [0.25, 0.3) is 11.1 Å². The van der Waals surface area contributed by atoms with Crippen LogP contribution in [-0.2, 0) is 6.54 Å². The van der Waals surface area contributed by atoms with Crippen molar-refractivity contribution in [2.75, 3.05) is 11.1 Å². The van der Waals surface area contributed by atoms with E-state index in [1.807, 2.05) is 23.8 Å². The first-order valence-electron chi connectivity index (χ1n) is 5.61. The molecular formula is C12H11N5S2. The van der Waals surface area contributed by atoms with Gasteiger partial charge in [-0.25, -0.2) is 0 Å². The smallest absolute Gasteiger partial charge is 0.147 e. The van der Waals surface area contributed by atoms with E-state index < -0.39 is 0 Å². The summed E-state index contributed by atoms with van der Waals surface area (Å²) in [6.07, 6.45) is 5.35. The van der Waals surface area contributed by atoms with Crippen molar-refractivity contribution in [2.45, 2.75) is 6.54 Å². The van der Waals surface area contributed by atoms with E-state index in [9.17, 15) is 0 Å². The number of nitrogens with one attached hydrogen (secondary N) is 1. The minimum absolute atomic E-state index is 0.544. The zero-order valence-corrected chi connectivity index (χ0v) is 11.5. The number of rotatable bonds is 4. The molecular weight excluding hydrogens is 278 g/mol. The molecule has 0 fully saturated rings. The molecule has 0 saturated carbocycles. The molecule has 0 aliphatic rings. The average Bonchev–Trinajstić information content (AvgIpc) is 3.07. The third-order valence-electron chi connectivity index (χ3n) is 2.59. The van der Waals surface area contributed by atoms with Gasteiger partial charge >= 0.3 is 0 Å². The highest BCUT2D eigenvalue weighted by Gasteiger charge is 2.13. The third-order valence-corrected chi connectivity index (χ3v) is 4.19. The summed E-state index contributed by atoms with van der Waals surface area (Å²) >= 11 is 2.99. The standard InChI is InChI=1S/C12H11N5S2/c13-11-10(8-1-3-14-4-2-8)12(19-17-11)16-6-9-5-15-7-18-9/h1-5,7,16H,6H2,(H2,13,17). The normalized spacial score (nSPS) is 10.5. The molecule has 0 radical (unpaired) electrons. The van der Waals surface area contributed by atoms with E-state index in [0.29, 0.717) is 5.82 Å². The summed E-state index contributed by atoms with van der Waals surface area (Å²) < 4.78 is 4.22.